The zero-order valence-corrected chi connectivity index (χ0v) is 14.8. The van der Waals surface area contributed by atoms with Gasteiger partial charge in [0, 0.05) is 6.42 Å². The lowest BCUT2D eigenvalue weighted by molar-refractivity contribution is -0.140. The topological polar surface area (TPSA) is 26.3 Å². The summed E-state index contributed by atoms with van der Waals surface area (Å²) in [5, 5.41) is 0. The molecule has 22 heavy (non-hydrogen) atoms. The third-order valence-corrected chi connectivity index (χ3v) is 4.83. The van der Waals surface area contributed by atoms with Gasteiger partial charge in [-0.3, -0.25) is 4.79 Å². The molecule has 2 unspecified atom stereocenters. The van der Waals surface area contributed by atoms with Gasteiger partial charge in [0.15, 0.2) is 0 Å². The highest BCUT2D eigenvalue weighted by molar-refractivity contribution is 5.68. The van der Waals surface area contributed by atoms with Crippen LogP contribution < -0.4 is 0 Å². The van der Waals surface area contributed by atoms with Gasteiger partial charge >= 0.3 is 5.97 Å². The standard InChI is InChI=1S/C20H36O2/c1-3-4-11-14-18-17-19(18)15-12-9-7-5-6-8-10-13-16-20(21)22-2/h9,12,18-19H,3-8,10-11,13-17H2,1-2H3/b12-9-. The van der Waals surface area contributed by atoms with Gasteiger partial charge in [-0.2, -0.15) is 0 Å². The van der Waals surface area contributed by atoms with Gasteiger partial charge < -0.3 is 4.74 Å². The van der Waals surface area contributed by atoms with Crippen molar-refractivity contribution in [1.82, 2.24) is 0 Å². The van der Waals surface area contributed by atoms with Crippen molar-refractivity contribution >= 4 is 5.97 Å². The molecule has 128 valence electrons. The first kappa shape index (κ1) is 19.3. The number of methoxy groups -OCH3 is 1. The van der Waals surface area contributed by atoms with Gasteiger partial charge in [0.1, 0.15) is 0 Å². The second-order valence-corrected chi connectivity index (χ2v) is 6.84. The van der Waals surface area contributed by atoms with Gasteiger partial charge in [-0.05, 0) is 43.9 Å². The lowest BCUT2D eigenvalue weighted by Gasteiger charge is -2.00. The van der Waals surface area contributed by atoms with Crippen molar-refractivity contribution in [3.63, 3.8) is 0 Å². The van der Waals surface area contributed by atoms with Crippen molar-refractivity contribution < 1.29 is 9.53 Å². The second-order valence-electron chi connectivity index (χ2n) is 6.84. The van der Waals surface area contributed by atoms with Crippen LogP contribution in [-0.4, -0.2) is 13.1 Å². The SMILES string of the molecule is CCCCCC1CC1C/C=C\CCCCCCCC(=O)OC. The van der Waals surface area contributed by atoms with E-state index in [1.807, 2.05) is 0 Å². The highest BCUT2D eigenvalue weighted by Crippen LogP contribution is 2.44. The number of esters is 1. The molecule has 0 spiro atoms. The summed E-state index contributed by atoms with van der Waals surface area (Å²) >= 11 is 0. The van der Waals surface area contributed by atoms with E-state index < -0.39 is 0 Å². The van der Waals surface area contributed by atoms with E-state index in [2.05, 4.69) is 23.8 Å². The van der Waals surface area contributed by atoms with E-state index in [0.717, 1.165) is 24.7 Å². The van der Waals surface area contributed by atoms with E-state index in [9.17, 15) is 4.79 Å². The lowest BCUT2D eigenvalue weighted by atomic mass is 10.1. The van der Waals surface area contributed by atoms with Gasteiger partial charge in [0.2, 0.25) is 0 Å². The van der Waals surface area contributed by atoms with E-state index in [-0.39, 0.29) is 5.97 Å². The van der Waals surface area contributed by atoms with Crippen LogP contribution in [0.25, 0.3) is 0 Å². The summed E-state index contributed by atoms with van der Waals surface area (Å²) < 4.78 is 4.63. The molecule has 0 radical (unpaired) electrons. The summed E-state index contributed by atoms with van der Waals surface area (Å²) in [5.74, 6) is 1.98. The first-order valence-electron chi connectivity index (χ1n) is 9.49. The molecule has 2 heteroatoms. The molecule has 0 bridgehead atoms. The van der Waals surface area contributed by atoms with Crippen LogP contribution in [-0.2, 0) is 9.53 Å². The fourth-order valence-corrected chi connectivity index (χ4v) is 3.16. The van der Waals surface area contributed by atoms with Crippen molar-refractivity contribution in [2.24, 2.45) is 11.8 Å². The van der Waals surface area contributed by atoms with E-state index in [0.29, 0.717) is 6.42 Å². The normalized spacial score (nSPS) is 20.5. The van der Waals surface area contributed by atoms with E-state index >= 15 is 0 Å². The van der Waals surface area contributed by atoms with Crippen molar-refractivity contribution in [2.75, 3.05) is 7.11 Å². The smallest absolute Gasteiger partial charge is 0.305 e. The number of allylic oxidation sites excluding steroid dienone is 2. The van der Waals surface area contributed by atoms with Crippen LogP contribution in [0, 0.1) is 11.8 Å². The Labute approximate surface area is 137 Å². The molecule has 2 nitrogen and oxygen atoms in total. The Balaban J connectivity index is 1.80. The summed E-state index contributed by atoms with van der Waals surface area (Å²) in [7, 11) is 1.46. The number of hydrogen-bond donors (Lipinski definition) is 0. The fourth-order valence-electron chi connectivity index (χ4n) is 3.16. The van der Waals surface area contributed by atoms with Crippen LogP contribution in [0.4, 0.5) is 0 Å². The Morgan fingerprint density at radius 3 is 2.55 bits per heavy atom. The molecule has 0 aromatic rings. The zero-order chi connectivity index (χ0) is 16.0. The lowest BCUT2D eigenvalue weighted by Crippen LogP contribution is -1.98. The van der Waals surface area contributed by atoms with Crippen LogP contribution in [0.3, 0.4) is 0 Å². The molecule has 1 saturated carbocycles. The Hall–Kier alpha value is -0.790. The second kappa shape index (κ2) is 12.7. The summed E-state index contributed by atoms with van der Waals surface area (Å²) in [5.41, 5.74) is 0. The number of carbonyl (C=O) groups is 1. The van der Waals surface area contributed by atoms with Gasteiger partial charge in [-0.25, -0.2) is 0 Å². The third-order valence-electron chi connectivity index (χ3n) is 4.83. The maximum absolute atomic E-state index is 10.9. The summed E-state index contributed by atoms with van der Waals surface area (Å²) in [6.45, 7) is 2.28. The number of unbranched alkanes of at least 4 members (excludes halogenated alkanes) is 7. The van der Waals surface area contributed by atoms with Crippen LogP contribution >= 0.6 is 0 Å². The Morgan fingerprint density at radius 2 is 1.77 bits per heavy atom. The van der Waals surface area contributed by atoms with Gasteiger partial charge in [-0.1, -0.05) is 64.0 Å². The number of rotatable bonds is 14. The van der Waals surface area contributed by atoms with Gasteiger partial charge in [-0.15, -0.1) is 0 Å². The van der Waals surface area contributed by atoms with Crippen molar-refractivity contribution in [2.45, 2.75) is 90.4 Å². The molecule has 1 fully saturated rings. The van der Waals surface area contributed by atoms with Gasteiger partial charge in [0.25, 0.3) is 0 Å². The Bertz CT molecular complexity index is 309. The van der Waals surface area contributed by atoms with Crippen LogP contribution in [0.5, 0.6) is 0 Å². The van der Waals surface area contributed by atoms with Crippen LogP contribution in [0.15, 0.2) is 12.2 Å². The van der Waals surface area contributed by atoms with E-state index in [1.54, 1.807) is 0 Å². The highest BCUT2D eigenvalue weighted by atomic mass is 16.5. The molecule has 1 aliphatic rings. The number of hydrogen-bond acceptors (Lipinski definition) is 2. The van der Waals surface area contributed by atoms with Crippen LogP contribution in [0.2, 0.25) is 0 Å². The molecule has 1 aliphatic carbocycles. The molecular weight excluding hydrogens is 272 g/mol. The molecule has 0 amide bonds. The molecule has 0 aromatic carbocycles. The predicted octanol–water partition coefficient (Wildman–Crippen LogP) is 6.05. The molecule has 0 aromatic heterocycles. The number of carbonyl (C=O) groups excluding carboxylic acids is 1. The van der Waals surface area contributed by atoms with E-state index in [1.165, 1.54) is 71.3 Å². The molecule has 0 aliphatic heterocycles. The predicted molar refractivity (Wildman–Crippen MR) is 93.8 cm³/mol. The quantitative estimate of drug-likeness (QED) is 0.222. The van der Waals surface area contributed by atoms with Gasteiger partial charge in [0.05, 0.1) is 7.11 Å². The first-order chi connectivity index (χ1) is 10.8. The van der Waals surface area contributed by atoms with Crippen molar-refractivity contribution in [1.29, 1.82) is 0 Å². The fraction of sp³-hybridized carbons (Fsp3) is 0.850. The highest BCUT2D eigenvalue weighted by Gasteiger charge is 2.34. The zero-order valence-electron chi connectivity index (χ0n) is 14.8. The van der Waals surface area contributed by atoms with E-state index in [4.69, 9.17) is 0 Å². The molecular formula is C20H36O2. The molecule has 2 atom stereocenters. The largest absolute Gasteiger partial charge is 0.469 e. The van der Waals surface area contributed by atoms with Crippen molar-refractivity contribution in [3.8, 4) is 0 Å². The molecule has 0 N–H and O–H groups in total. The molecule has 0 saturated heterocycles. The Morgan fingerprint density at radius 1 is 1.00 bits per heavy atom. The maximum atomic E-state index is 10.9. The summed E-state index contributed by atoms with van der Waals surface area (Å²) in [6.07, 6.45) is 21.0. The third kappa shape index (κ3) is 10.0. The Kier molecular flexibility index (Phi) is 11.1. The minimum atomic E-state index is -0.0731. The average molecular weight is 309 g/mol. The monoisotopic (exact) mass is 308 g/mol. The minimum Gasteiger partial charge on any atom is -0.469 e. The average Bonchev–Trinajstić information content (AvgIpc) is 3.27. The maximum Gasteiger partial charge on any atom is 0.305 e. The molecule has 0 heterocycles. The summed E-state index contributed by atoms with van der Waals surface area (Å²) in [6, 6.07) is 0. The van der Waals surface area contributed by atoms with Crippen LogP contribution in [0.1, 0.15) is 90.4 Å². The summed E-state index contributed by atoms with van der Waals surface area (Å²) in [4.78, 5) is 10.9. The number of ether oxygens (including phenoxy) is 1. The molecule has 1 rings (SSSR count). The minimum absolute atomic E-state index is 0.0731. The van der Waals surface area contributed by atoms with Crippen molar-refractivity contribution in [3.05, 3.63) is 12.2 Å². The first-order valence-corrected chi connectivity index (χ1v) is 9.49.